The molecule has 1 aliphatic carbocycles. The largest absolute Gasteiger partial charge is 0.385 e. The molecule has 0 bridgehead atoms. The molecular formula is C10H17NO3S. The third-order valence-corrected chi connectivity index (χ3v) is 4.70. The smallest absolute Gasteiger partial charge is 0.150 e. The van der Waals surface area contributed by atoms with Crippen LogP contribution in [0.4, 0.5) is 0 Å². The summed E-state index contributed by atoms with van der Waals surface area (Å²) in [5.41, 5.74) is -0.208. The lowest BCUT2D eigenvalue weighted by Gasteiger charge is -2.11. The fraction of sp³-hybridized carbons (Fsp3) is 0.900. The molecule has 86 valence electrons. The first-order valence-electron chi connectivity index (χ1n) is 5.10. The summed E-state index contributed by atoms with van der Waals surface area (Å²) >= 11 is 0. The molecule has 0 spiro atoms. The number of hydrogen-bond donors (Lipinski definition) is 0. The maximum Gasteiger partial charge on any atom is 0.150 e. The van der Waals surface area contributed by atoms with Gasteiger partial charge in [0.1, 0.15) is 0 Å². The Morgan fingerprint density at radius 3 is 2.60 bits per heavy atom. The molecule has 1 rings (SSSR count). The number of rotatable bonds is 7. The van der Waals surface area contributed by atoms with E-state index in [1.54, 1.807) is 7.11 Å². The van der Waals surface area contributed by atoms with Gasteiger partial charge in [-0.15, -0.1) is 0 Å². The number of nitriles is 1. The molecule has 0 atom stereocenters. The summed E-state index contributed by atoms with van der Waals surface area (Å²) in [5, 5.41) is 8.59. The van der Waals surface area contributed by atoms with Gasteiger partial charge in [0.15, 0.2) is 9.84 Å². The molecule has 0 aromatic heterocycles. The molecule has 0 N–H and O–H groups in total. The highest BCUT2D eigenvalue weighted by atomic mass is 32.2. The van der Waals surface area contributed by atoms with Crippen LogP contribution in [0.2, 0.25) is 0 Å². The van der Waals surface area contributed by atoms with Crippen molar-refractivity contribution < 1.29 is 13.2 Å². The average Bonchev–Trinajstić information content (AvgIpc) is 2.84. The number of nitrogens with zero attached hydrogens (tertiary/aromatic N) is 1. The molecule has 0 amide bonds. The topological polar surface area (TPSA) is 67.2 Å². The van der Waals surface area contributed by atoms with Gasteiger partial charge in [-0.3, -0.25) is 0 Å². The first-order valence-corrected chi connectivity index (χ1v) is 6.92. The van der Waals surface area contributed by atoms with Crippen LogP contribution >= 0.6 is 0 Å². The van der Waals surface area contributed by atoms with E-state index in [0.717, 1.165) is 12.8 Å². The second-order valence-corrected chi connectivity index (χ2v) is 6.46. The van der Waals surface area contributed by atoms with Crippen LogP contribution in [-0.4, -0.2) is 33.6 Å². The lowest BCUT2D eigenvalue weighted by Crippen LogP contribution is -2.20. The van der Waals surface area contributed by atoms with E-state index in [1.165, 1.54) is 0 Å². The highest BCUT2D eigenvalue weighted by Gasteiger charge is 2.45. The number of sulfone groups is 1. The Hall–Kier alpha value is -0.600. The fourth-order valence-corrected chi connectivity index (χ4v) is 3.70. The van der Waals surface area contributed by atoms with Crippen molar-refractivity contribution in [3.05, 3.63) is 0 Å². The molecule has 15 heavy (non-hydrogen) atoms. The zero-order valence-corrected chi connectivity index (χ0v) is 9.85. The minimum Gasteiger partial charge on any atom is -0.385 e. The van der Waals surface area contributed by atoms with Crippen LogP contribution in [-0.2, 0) is 14.6 Å². The van der Waals surface area contributed by atoms with E-state index in [0.29, 0.717) is 19.4 Å². The van der Waals surface area contributed by atoms with Crippen molar-refractivity contribution >= 4 is 9.84 Å². The van der Waals surface area contributed by atoms with Crippen LogP contribution in [0.15, 0.2) is 0 Å². The second-order valence-electron chi connectivity index (χ2n) is 4.27. The predicted molar refractivity (Wildman–Crippen MR) is 57.0 cm³/mol. The second kappa shape index (κ2) is 4.95. The zero-order valence-electron chi connectivity index (χ0n) is 9.03. The van der Waals surface area contributed by atoms with E-state index in [9.17, 15) is 8.42 Å². The van der Waals surface area contributed by atoms with Gasteiger partial charge in [0.25, 0.3) is 0 Å². The maximum atomic E-state index is 11.7. The molecule has 0 heterocycles. The van der Waals surface area contributed by atoms with Crippen molar-refractivity contribution in [3.63, 3.8) is 0 Å². The standard InChI is InChI=1S/C10H17NO3S/c1-14-7-2-8-15(12,13)9-10(3-4-10)5-6-11/h2-5,7-9H2,1H3. The van der Waals surface area contributed by atoms with Gasteiger partial charge in [0.2, 0.25) is 0 Å². The highest BCUT2D eigenvalue weighted by molar-refractivity contribution is 7.91. The Labute approximate surface area is 91.1 Å². The Bertz CT molecular complexity index is 338. The van der Waals surface area contributed by atoms with Crippen LogP contribution in [0, 0.1) is 16.7 Å². The summed E-state index contributed by atoms with van der Waals surface area (Å²) in [7, 11) is -1.44. The lowest BCUT2D eigenvalue weighted by molar-refractivity contribution is 0.199. The van der Waals surface area contributed by atoms with Gasteiger partial charge >= 0.3 is 0 Å². The molecule has 1 aliphatic rings. The Morgan fingerprint density at radius 1 is 1.47 bits per heavy atom. The molecule has 0 radical (unpaired) electrons. The van der Waals surface area contributed by atoms with Crippen molar-refractivity contribution in [2.45, 2.75) is 25.7 Å². The zero-order chi connectivity index (χ0) is 11.4. The normalized spacial score (nSPS) is 18.4. The molecule has 0 saturated heterocycles. The predicted octanol–water partition coefficient (Wildman–Crippen LogP) is 1.13. The molecule has 0 aromatic carbocycles. The Kier molecular flexibility index (Phi) is 4.12. The molecule has 0 unspecified atom stereocenters. The van der Waals surface area contributed by atoms with Crippen molar-refractivity contribution in [3.8, 4) is 6.07 Å². The molecule has 0 aromatic rings. The van der Waals surface area contributed by atoms with Gasteiger partial charge in [-0.05, 0) is 24.7 Å². The number of hydrogen-bond acceptors (Lipinski definition) is 4. The van der Waals surface area contributed by atoms with E-state index in [4.69, 9.17) is 10.00 Å². The SMILES string of the molecule is COCCCS(=O)(=O)CC1(CC#N)CC1. The highest BCUT2D eigenvalue weighted by Crippen LogP contribution is 2.49. The summed E-state index contributed by atoms with van der Waals surface area (Å²) in [6, 6.07) is 2.07. The minimum absolute atomic E-state index is 0.175. The van der Waals surface area contributed by atoms with Gasteiger partial charge in [0, 0.05) is 20.1 Å². The first kappa shape index (κ1) is 12.5. The van der Waals surface area contributed by atoms with E-state index in [1.807, 2.05) is 0 Å². The van der Waals surface area contributed by atoms with Crippen LogP contribution in [0.1, 0.15) is 25.7 Å². The van der Waals surface area contributed by atoms with Crippen molar-refractivity contribution in [1.82, 2.24) is 0 Å². The monoisotopic (exact) mass is 231 g/mol. The molecule has 5 heteroatoms. The fourth-order valence-electron chi connectivity index (χ4n) is 1.68. The van der Waals surface area contributed by atoms with Crippen LogP contribution in [0.3, 0.4) is 0 Å². The van der Waals surface area contributed by atoms with Gasteiger partial charge in [-0.1, -0.05) is 0 Å². The number of methoxy groups -OCH3 is 1. The summed E-state index contributed by atoms with van der Waals surface area (Å²) in [5.74, 6) is 0.352. The van der Waals surface area contributed by atoms with E-state index in [-0.39, 0.29) is 16.9 Å². The van der Waals surface area contributed by atoms with E-state index >= 15 is 0 Å². The van der Waals surface area contributed by atoms with Gasteiger partial charge in [-0.25, -0.2) is 8.42 Å². The number of ether oxygens (including phenoxy) is 1. The molecule has 1 fully saturated rings. The van der Waals surface area contributed by atoms with Gasteiger partial charge < -0.3 is 4.74 Å². The van der Waals surface area contributed by atoms with Crippen LogP contribution < -0.4 is 0 Å². The minimum atomic E-state index is -3.00. The summed E-state index contributed by atoms with van der Waals surface area (Å²) in [4.78, 5) is 0. The molecule has 4 nitrogen and oxygen atoms in total. The summed E-state index contributed by atoms with van der Waals surface area (Å²) in [6.45, 7) is 0.477. The molecular weight excluding hydrogens is 214 g/mol. The maximum absolute atomic E-state index is 11.7. The van der Waals surface area contributed by atoms with E-state index in [2.05, 4.69) is 6.07 Å². The van der Waals surface area contributed by atoms with Crippen molar-refractivity contribution in [1.29, 1.82) is 5.26 Å². The Morgan fingerprint density at radius 2 is 2.13 bits per heavy atom. The van der Waals surface area contributed by atoms with Crippen LogP contribution in [0.5, 0.6) is 0 Å². The third kappa shape index (κ3) is 4.18. The first-order chi connectivity index (χ1) is 7.04. The molecule has 0 aliphatic heterocycles. The third-order valence-electron chi connectivity index (χ3n) is 2.74. The summed E-state index contributed by atoms with van der Waals surface area (Å²) < 4.78 is 28.2. The Balaban J connectivity index is 2.40. The van der Waals surface area contributed by atoms with Crippen molar-refractivity contribution in [2.75, 3.05) is 25.2 Å². The molecule has 1 saturated carbocycles. The van der Waals surface area contributed by atoms with Gasteiger partial charge in [0.05, 0.1) is 17.6 Å². The van der Waals surface area contributed by atoms with Crippen molar-refractivity contribution in [2.24, 2.45) is 5.41 Å². The lowest BCUT2D eigenvalue weighted by atomic mass is 10.1. The quantitative estimate of drug-likeness (QED) is 0.616. The van der Waals surface area contributed by atoms with E-state index < -0.39 is 9.84 Å². The average molecular weight is 231 g/mol. The van der Waals surface area contributed by atoms with Crippen LogP contribution in [0.25, 0.3) is 0 Å². The summed E-state index contributed by atoms with van der Waals surface area (Å²) in [6.07, 6.45) is 2.67. The van der Waals surface area contributed by atoms with Gasteiger partial charge in [-0.2, -0.15) is 5.26 Å².